The van der Waals surface area contributed by atoms with E-state index in [0.29, 0.717) is 10.1 Å². The number of benzene rings is 1. The summed E-state index contributed by atoms with van der Waals surface area (Å²) in [5.41, 5.74) is 0.285. The van der Waals surface area contributed by atoms with E-state index in [2.05, 4.69) is 12.9 Å². The third-order valence-corrected chi connectivity index (χ3v) is 11.1. The molecule has 3 heterocycles. The lowest BCUT2D eigenvalue weighted by Gasteiger charge is -2.15. The van der Waals surface area contributed by atoms with Crippen molar-refractivity contribution in [3.63, 3.8) is 0 Å². The first-order chi connectivity index (χ1) is 22.4. The molecule has 2 saturated heterocycles. The highest BCUT2D eigenvalue weighted by atomic mass is 32.2. The average molecular weight is 734 g/mol. The van der Waals surface area contributed by atoms with Gasteiger partial charge < -0.3 is 0 Å². The second kappa shape index (κ2) is 13.9. The third kappa shape index (κ3) is 7.55. The van der Waals surface area contributed by atoms with Crippen molar-refractivity contribution < 1.29 is 66.9 Å². The van der Waals surface area contributed by atoms with Crippen LogP contribution in [0, 0.1) is 23.7 Å². The van der Waals surface area contributed by atoms with Gasteiger partial charge in [0.2, 0.25) is 0 Å². The molecule has 262 valence electrons. The maximum Gasteiger partial charge on any atom is 0.288 e. The van der Waals surface area contributed by atoms with Gasteiger partial charge in [-0.25, -0.2) is 0 Å². The number of carbonyl (C=O) groups excluding carboxylic acids is 6. The molecule has 4 unspecified atom stereocenters. The van der Waals surface area contributed by atoms with Crippen LogP contribution in [0.4, 0.5) is 0 Å². The number of nitrogens with zero attached hydrogens (tertiary/aromatic N) is 3. The second-order valence-electron chi connectivity index (χ2n) is 10.8. The van der Waals surface area contributed by atoms with E-state index >= 15 is 0 Å². The normalized spacial score (nSPS) is 24.5. The first kappa shape index (κ1) is 36.9. The molecular formula is C27H31N3O15S3. The van der Waals surface area contributed by atoms with Gasteiger partial charge in [-0.05, 0) is 51.2 Å². The van der Waals surface area contributed by atoms with Crippen LogP contribution in [-0.4, -0.2) is 93.1 Å². The Labute approximate surface area is 275 Å². The molecule has 21 heteroatoms. The van der Waals surface area contributed by atoms with Crippen LogP contribution in [0.3, 0.4) is 0 Å². The predicted octanol–water partition coefficient (Wildman–Crippen LogP) is 0.0554. The number of hydrogen-bond donors (Lipinski definition) is 0. The molecule has 6 rings (SSSR count). The van der Waals surface area contributed by atoms with E-state index in [-0.39, 0.29) is 58.1 Å². The third-order valence-electron chi connectivity index (χ3n) is 7.82. The van der Waals surface area contributed by atoms with Crippen LogP contribution < -0.4 is 0 Å². The first-order valence-corrected chi connectivity index (χ1v) is 19.3. The molecule has 1 saturated carbocycles. The Bertz CT molecular complexity index is 1830. The van der Waals surface area contributed by atoms with E-state index in [9.17, 15) is 54.0 Å². The smallest absolute Gasteiger partial charge is 0.272 e. The van der Waals surface area contributed by atoms with Crippen molar-refractivity contribution in [1.29, 1.82) is 0 Å². The number of fused-ring (bicyclic) bond motifs is 6. The topological polar surface area (TPSA) is 242 Å². The summed E-state index contributed by atoms with van der Waals surface area (Å²) in [6.07, 6.45) is 4.71. The number of imide groups is 3. The van der Waals surface area contributed by atoms with Crippen LogP contribution in [0.25, 0.3) is 0 Å². The first-order valence-electron chi connectivity index (χ1n) is 14.5. The lowest BCUT2D eigenvalue weighted by molar-refractivity contribution is -0.166. The van der Waals surface area contributed by atoms with Crippen LogP contribution in [0.2, 0.25) is 0 Å². The van der Waals surface area contributed by atoms with Crippen LogP contribution in [0.15, 0.2) is 36.4 Å². The SMILES string of the molecule is CCS(=O)(=O)ON1C(=O)C2C3C=CC(C3)C2C1=O.CCS(=O)(=O)ON1C(=O)CCC1=O.CCS(=O)(=O)ON1C(=O)c2ccccc2C1=O. The molecule has 18 nitrogen and oxygen atoms in total. The van der Waals surface area contributed by atoms with Crippen molar-refractivity contribution in [2.75, 3.05) is 17.3 Å². The van der Waals surface area contributed by atoms with Crippen LogP contribution in [0.5, 0.6) is 0 Å². The van der Waals surface area contributed by atoms with Crippen molar-refractivity contribution in [3.05, 3.63) is 47.5 Å². The molecule has 2 bridgehead atoms. The minimum absolute atomic E-state index is 0.0120. The molecule has 0 radical (unpaired) electrons. The second-order valence-corrected chi connectivity index (χ2v) is 16.3. The van der Waals surface area contributed by atoms with Crippen molar-refractivity contribution in [2.45, 2.75) is 40.0 Å². The Morgan fingerprint density at radius 1 is 0.583 bits per heavy atom. The Balaban J connectivity index is 0.000000165. The quantitative estimate of drug-likeness (QED) is 0.241. The largest absolute Gasteiger partial charge is 0.288 e. The van der Waals surface area contributed by atoms with E-state index in [0.717, 1.165) is 6.42 Å². The lowest BCUT2D eigenvalue weighted by atomic mass is 9.85. The number of amides is 6. The fourth-order valence-corrected chi connectivity index (χ4v) is 6.77. The summed E-state index contributed by atoms with van der Waals surface area (Å²) in [5, 5.41) is 1.06. The van der Waals surface area contributed by atoms with Gasteiger partial charge in [-0.2, -0.15) is 25.3 Å². The summed E-state index contributed by atoms with van der Waals surface area (Å²) in [7, 11) is -11.5. The number of rotatable bonds is 9. The molecule has 4 atom stereocenters. The summed E-state index contributed by atoms with van der Waals surface area (Å²) in [6, 6.07) is 6.05. The van der Waals surface area contributed by atoms with Gasteiger partial charge in [0.15, 0.2) is 0 Å². The highest BCUT2D eigenvalue weighted by Gasteiger charge is 2.60. The molecular weight excluding hydrogens is 703 g/mol. The summed E-state index contributed by atoms with van der Waals surface area (Å²) in [4.78, 5) is 69.3. The molecule has 0 N–H and O–H groups in total. The van der Waals surface area contributed by atoms with E-state index in [1.165, 1.54) is 32.9 Å². The van der Waals surface area contributed by atoms with Gasteiger partial charge in [-0.15, -0.1) is 28.0 Å². The zero-order chi connectivity index (χ0) is 35.8. The lowest BCUT2D eigenvalue weighted by Crippen LogP contribution is -2.35. The van der Waals surface area contributed by atoms with Gasteiger partial charge >= 0.3 is 0 Å². The van der Waals surface area contributed by atoms with Crippen molar-refractivity contribution >= 4 is 65.8 Å². The van der Waals surface area contributed by atoms with E-state index in [1.54, 1.807) is 12.1 Å². The summed E-state index contributed by atoms with van der Waals surface area (Å²) >= 11 is 0. The number of allylic oxidation sites excluding steroid dienone is 2. The minimum atomic E-state index is -3.90. The Morgan fingerprint density at radius 3 is 1.31 bits per heavy atom. The maximum absolute atomic E-state index is 12.1. The standard InChI is InChI=1S/C11H13NO5S.C10H9NO5S.C6H9NO5S/c1-2-18(15,16)17-12-10(13)8-6-3-4-7(5-6)9(8)11(12)14;1-2-17(14,15)16-11-9(12)7-5-3-4-6-8(7)10(11)13;1-2-13(10,11)12-7-5(8)3-4-6(7)9/h3-4,6-9H,2,5H2,1H3;3-6H,2H2,1H3;2-4H2,1H3. The van der Waals surface area contributed by atoms with Crippen LogP contribution in [0.1, 0.15) is 60.7 Å². The Hall–Kier alpha value is -3.89. The van der Waals surface area contributed by atoms with Crippen molar-refractivity contribution in [2.24, 2.45) is 23.7 Å². The average Bonchev–Trinajstić information content (AvgIpc) is 3.85. The van der Waals surface area contributed by atoms with Crippen molar-refractivity contribution in [3.8, 4) is 0 Å². The zero-order valence-corrected chi connectivity index (χ0v) is 28.2. The van der Waals surface area contributed by atoms with E-state index < -0.39 is 77.6 Å². The Kier molecular flexibility index (Phi) is 10.7. The maximum atomic E-state index is 12.1. The molecule has 1 aromatic rings. The molecule has 0 aromatic heterocycles. The molecule has 48 heavy (non-hydrogen) atoms. The minimum Gasteiger partial charge on any atom is -0.272 e. The van der Waals surface area contributed by atoms with Crippen molar-refractivity contribution in [1.82, 2.24) is 15.2 Å². The van der Waals surface area contributed by atoms with E-state index in [4.69, 9.17) is 0 Å². The summed E-state index contributed by atoms with van der Waals surface area (Å²) < 4.78 is 80.3. The molecule has 1 aromatic carbocycles. The van der Waals surface area contributed by atoms with Gasteiger partial charge in [-0.3, -0.25) is 28.8 Å². The highest BCUT2D eigenvalue weighted by Crippen LogP contribution is 2.52. The summed E-state index contributed by atoms with van der Waals surface area (Å²) in [5.74, 6) is -5.40. The Morgan fingerprint density at radius 2 is 0.938 bits per heavy atom. The monoisotopic (exact) mass is 733 g/mol. The highest BCUT2D eigenvalue weighted by molar-refractivity contribution is 7.87. The molecule has 6 amide bonds. The zero-order valence-electron chi connectivity index (χ0n) is 25.7. The summed E-state index contributed by atoms with van der Waals surface area (Å²) in [6.45, 7) is 4.11. The molecule has 3 aliphatic heterocycles. The predicted molar refractivity (Wildman–Crippen MR) is 159 cm³/mol. The van der Waals surface area contributed by atoms with Gasteiger partial charge in [0.25, 0.3) is 65.8 Å². The fourth-order valence-electron chi connectivity index (χ4n) is 5.32. The number of hydrogen-bond acceptors (Lipinski definition) is 15. The van der Waals surface area contributed by atoms with Gasteiger partial charge in [0.05, 0.1) is 40.2 Å². The number of carbonyl (C=O) groups is 6. The molecule has 2 aliphatic carbocycles. The molecule has 0 spiro atoms. The molecule has 3 fully saturated rings. The molecule has 5 aliphatic rings. The number of hydroxylamine groups is 6. The van der Waals surface area contributed by atoms with Gasteiger partial charge in [-0.1, -0.05) is 24.3 Å². The fraction of sp³-hybridized carbons (Fsp3) is 0.481. The van der Waals surface area contributed by atoms with E-state index in [1.807, 2.05) is 12.2 Å². The van der Waals surface area contributed by atoms with Crippen LogP contribution in [-0.2, 0) is 62.4 Å². The van der Waals surface area contributed by atoms with Gasteiger partial charge in [0, 0.05) is 12.8 Å². The van der Waals surface area contributed by atoms with Gasteiger partial charge in [0.1, 0.15) is 0 Å². The van der Waals surface area contributed by atoms with Crippen LogP contribution >= 0.6 is 0 Å².